The van der Waals surface area contributed by atoms with Crippen molar-refractivity contribution < 1.29 is 50.2 Å². The van der Waals surface area contributed by atoms with Crippen LogP contribution in [-0.2, 0) is 8.85 Å². The maximum absolute atomic E-state index is 9.10. The fourth-order valence-electron chi connectivity index (χ4n) is 1.45. The van der Waals surface area contributed by atoms with Gasteiger partial charge in [0.15, 0.2) is 0 Å². The molecule has 33 heavy (non-hydrogen) atoms. The Kier molecular flexibility index (Phi) is 24.3. The average Bonchev–Trinajstić information content (AvgIpc) is 2.71. The Balaban J connectivity index is -0.000000117. The van der Waals surface area contributed by atoms with Crippen molar-refractivity contribution in [2.75, 3.05) is 5.34 Å². The third-order valence-electron chi connectivity index (χ3n) is 4.53. The van der Waals surface area contributed by atoms with Crippen LogP contribution < -0.4 is 0 Å². The minimum absolute atomic E-state index is 0. The van der Waals surface area contributed by atoms with Gasteiger partial charge in [-0.2, -0.15) is 0 Å². The van der Waals surface area contributed by atoms with Crippen LogP contribution in [0.5, 0.6) is 0 Å². The summed E-state index contributed by atoms with van der Waals surface area (Å²) in [5.74, 6) is 0. The number of hydrogen-bond acceptors (Lipinski definition) is 4. The van der Waals surface area contributed by atoms with E-state index in [1.54, 1.807) is 39.8 Å². The van der Waals surface area contributed by atoms with E-state index in [9.17, 15) is 0 Å². The molecule has 4 nitrogen and oxygen atoms in total. The van der Waals surface area contributed by atoms with Crippen molar-refractivity contribution in [3.8, 4) is 0 Å². The summed E-state index contributed by atoms with van der Waals surface area (Å²) in [6.07, 6.45) is 3.38. The molecule has 0 aromatic rings. The molecule has 0 amide bonds. The molecular formula is C19H39BCl6O4Si2U. The van der Waals surface area contributed by atoms with Gasteiger partial charge in [0.2, 0.25) is 0 Å². The van der Waals surface area contributed by atoms with E-state index in [-0.39, 0.29) is 47.7 Å². The number of halogens is 6. The van der Waals surface area contributed by atoms with Crippen LogP contribution >= 0.6 is 67.5 Å². The molecule has 1 rings (SSSR count). The molecule has 0 spiro atoms. The van der Waals surface area contributed by atoms with E-state index in [1.165, 1.54) is 0 Å². The van der Waals surface area contributed by atoms with E-state index in [2.05, 4.69) is 21.5 Å². The molecular weight excluding hydrogens is 810 g/mol. The molecule has 1 heterocycles. The zero-order valence-electron chi connectivity index (χ0n) is 21.7. The van der Waals surface area contributed by atoms with E-state index in [0.29, 0.717) is 12.1 Å². The second kappa shape index (κ2) is 18.8. The predicted octanol–water partition coefficient (Wildman–Crippen LogP) is 7.08. The first-order valence-corrected chi connectivity index (χ1v) is 18.7. The van der Waals surface area contributed by atoms with Gasteiger partial charge in [0.05, 0.1) is 27.7 Å². The van der Waals surface area contributed by atoms with Gasteiger partial charge in [0, 0.05) is 51.6 Å². The van der Waals surface area contributed by atoms with E-state index in [0.717, 1.165) is 0 Å². The average molecular weight is 850 g/mol. The molecule has 14 heteroatoms. The molecule has 0 saturated carbocycles. The molecule has 1 aliphatic heterocycles. The van der Waals surface area contributed by atoms with Crippen molar-refractivity contribution in [2.45, 2.75) is 89.9 Å². The second-order valence-corrected chi connectivity index (χ2v) is 22.6. The van der Waals surface area contributed by atoms with Crippen molar-refractivity contribution in [1.29, 1.82) is 1.34 Å². The maximum Gasteiger partial charge on any atom is 0.448 e. The number of aliphatic hydroxyl groups is 2. The molecule has 1 aliphatic rings. The molecule has 0 aromatic carbocycles. The minimum Gasteiger partial charge on any atom is -0.387 e. The van der Waals surface area contributed by atoms with Gasteiger partial charge >= 0.3 is 13.9 Å². The van der Waals surface area contributed by atoms with Crippen LogP contribution in [0.1, 0.15) is 55.4 Å². The predicted molar refractivity (Wildman–Crippen MR) is 152 cm³/mol. The van der Waals surface area contributed by atoms with Crippen LogP contribution in [0.25, 0.3) is 0 Å². The van der Waals surface area contributed by atoms with Gasteiger partial charge in [-0.1, -0.05) is 23.2 Å². The molecule has 0 aliphatic carbocycles. The van der Waals surface area contributed by atoms with Gasteiger partial charge in [0.25, 0.3) is 0 Å². The van der Waals surface area contributed by atoms with Crippen molar-refractivity contribution in [3.63, 3.8) is 0 Å². The van der Waals surface area contributed by atoms with E-state index < -0.39 is 25.1 Å². The monoisotopic (exact) mass is 847 g/mol. The standard InChI is InChI=1S/C9H17ClO2Si.C6H14O2.C3H5Cl3Si.CH2Cl2.BH.U/c1-6-7-13(10)11-8(2,3)9(4,5)12-13;1-5(2,7)6(3,4)8;1-2-3-7(4,5)6;2-1-3;;/h6H,1,7H2,2-5H3;7-8H,1-4H3;2H,1,3H2;1H2;1H;/i;;;;1D;. The molecule has 0 unspecified atom stereocenters. The van der Waals surface area contributed by atoms with Crippen molar-refractivity contribution in [1.82, 2.24) is 0 Å². The second-order valence-electron chi connectivity index (χ2n) is 8.70. The quantitative estimate of drug-likeness (QED) is 0.135. The summed E-state index contributed by atoms with van der Waals surface area (Å²) in [5.41, 5.74) is -2.64. The van der Waals surface area contributed by atoms with Gasteiger partial charge in [-0.05, 0) is 56.7 Å². The van der Waals surface area contributed by atoms with Crippen molar-refractivity contribution >= 4 is 89.8 Å². The molecule has 0 atom stereocenters. The molecule has 1 fully saturated rings. The molecule has 1 saturated heterocycles. The zero-order chi connectivity index (χ0) is 27.9. The SMILES string of the molecule is C=CC[Si](Cl)(Cl)Cl.C=CC[Si]1(Cl)OC(C)(C)C(C)(C)O1.CC(C)(O)C(C)(C)O.ClCCl.[2H][B].[U]. The summed E-state index contributed by atoms with van der Waals surface area (Å²) in [6.45, 7) is 21.4. The first-order chi connectivity index (χ1) is 14.4. The van der Waals surface area contributed by atoms with Crippen LogP contribution in [0.4, 0.5) is 0 Å². The Labute approximate surface area is 259 Å². The van der Waals surface area contributed by atoms with E-state index in [1.807, 2.05) is 27.7 Å². The molecule has 196 valence electrons. The Morgan fingerprint density at radius 2 is 1.21 bits per heavy atom. The number of allylic oxidation sites excluding steroid dienone is 2. The first-order valence-electron chi connectivity index (χ1n) is 9.97. The first kappa shape index (κ1) is 42.7. The van der Waals surface area contributed by atoms with Crippen LogP contribution in [-0.4, -0.2) is 61.5 Å². The smallest absolute Gasteiger partial charge is 0.387 e. The topological polar surface area (TPSA) is 58.9 Å². The fourth-order valence-corrected chi connectivity index (χ4v) is 6.81. The minimum atomic E-state index is -2.50. The van der Waals surface area contributed by atoms with Gasteiger partial charge in [-0.3, -0.25) is 0 Å². The third-order valence-corrected chi connectivity index (χ3v) is 10.00. The van der Waals surface area contributed by atoms with E-state index in [4.69, 9.17) is 87.9 Å². The fraction of sp³-hybridized carbons (Fsp3) is 0.789. The maximum atomic E-state index is 9.10. The van der Waals surface area contributed by atoms with Crippen LogP contribution in [0.2, 0.25) is 12.1 Å². The Morgan fingerprint density at radius 3 is 1.33 bits per heavy atom. The summed E-state index contributed by atoms with van der Waals surface area (Å²) < 4.78 is 16.9. The molecule has 2 N–H and O–H groups in total. The normalized spacial score (nSPS) is 17.9. The van der Waals surface area contributed by atoms with Crippen LogP contribution in [0.3, 0.4) is 0 Å². The number of rotatable bonds is 5. The summed E-state index contributed by atoms with van der Waals surface area (Å²) >= 11 is 32.1. The van der Waals surface area contributed by atoms with Crippen LogP contribution in [0.15, 0.2) is 25.3 Å². The van der Waals surface area contributed by atoms with Crippen LogP contribution in [0, 0.1) is 31.1 Å². The summed E-state index contributed by atoms with van der Waals surface area (Å²) in [7, 11) is 1.25. The Bertz CT molecular complexity index is 518. The van der Waals surface area contributed by atoms with Gasteiger partial charge in [-0.15, -0.1) is 69.6 Å². The number of alkyl halides is 2. The third kappa shape index (κ3) is 22.3. The van der Waals surface area contributed by atoms with Gasteiger partial charge in [-0.25, -0.2) is 0 Å². The molecule has 0 bridgehead atoms. The largest absolute Gasteiger partial charge is 0.448 e. The summed E-state index contributed by atoms with van der Waals surface area (Å²) in [5, 5.41) is 18.4. The Hall–Kier alpha value is 2.61. The zero-order valence-corrected chi connectivity index (χ0v) is 31.4. The summed E-state index contributed by atoms with van der Waals surface area (Å²) in [4.78, 5) is 0. The Morgan fingerprint density at radius 1 is 0.939 bits per heavy atom. The van der Waals surface area contributed by atoms with Crippen molar-refractivity contribution in [2.24, 2.45) is 0 Å². The molecule has 0 aromatic heterocycles. The number of hydrogen-bond donors (Lipinski definition) is 2. The molecule has 2 radical (unpaired) electrons. The van der Waals surface area contributed by atoms with Gasteiger partial charge in [0.1, 0.15) is 0 Å². The summed E-state index contributed by atoms with van der Waals surface area (Å²) in [6, 6.07) is -1.19. The van der Waals surface area contributed by atoms with E-state index >= 15 is 0 Å². The van der Waals surface area contributed by atoms with Crippen molar-refractivity contribution in [3.05, 3.63) is 25.3 Å². The van der Waals surface area contributed by atoms with Gasteiger partial charge < -0.3 is 19.1 Å².